The van der Waals surface area contributed by atoms with Crippen LogP contribution in [0, 0.1) is 6.92 Å². The van der Waals surface area contributed by atoms with E-state index in [-0.39, 0.29) is 0 Å². The third-order valence-electron chi connectivity index (χ3n) is 3.37. The number of aryl methyl sites for hydroxylation is 1. The summed E-state index contributed by atoms with van der Waals surface area (Å²) in [5.41, 5.74) is 5.79. The van der Waals surface area contributed by atoms with Crippen molar-refractivity contribution in [2.45, 2.75) is 6.92 Å². The van der Waals surface area contributed by atoms with Gasteiger partial charge in [-0.3, -0.25) is 0 Å². The van der Waals surface area contributed by atoms with Crippen molar-refractivity contribution in [2.75, 3.05) is 5.32 Å². The predicted octanol–water partition coefficient (Wildman–Crippen LogP) is 6.06. The lowest BCUT2D eigenvalue weighted by molar-refractivity contribution is 1.45. The van der Waals surface area contributed by atoms with Crippen LogP contribution in [0.25, 0.3) is 11.1 Å². The highest BCUT2D eigenvalue weighted by atomic mass is 35.5. The summed E-state index contributed by atoms with van der Waals surface area (Å²) in [6.45, 7) is 2.09. The average molecular weight is 294 g/mol. The Morgan fingerprint density at radius 1 is 0.714 bits per heavy atom. The van der Waals surface area contributed by atoms with Crippen LogP contribution in [0.15, 0.2) is 72.8 Å². The molecule has 0 heterocycles. The molecular formula is C19H16ClN. The maximum Gasteiger partial charge on any atom is 0.0406 e. The molecule has 0 amide bonds. The summed E-state index contributed by atoms with van der Waals surface area (Å²) in [4.78, 5) is 0. The fourth-order valence-corrected chi connectivity index (χ4v) is 2.40. The van der Waals surface area contributed by atoms with Gasteiger partial charge in [0.1, 0.15) is 0 Å². The molecule has 0 spiro atoms. The molecular weight excluding hydrogens is 278 g/mol. The number of anilines is 2. The number of rotatable bonds is 3. The molecule has 0 saturated heterocycles. The SMILES string of the molecule is Cc1cccc(Nc2ccc(-c3ccc(Cl)cc3)cc2)c1. The van der Waals surface area contributed by atoms with Gasteiger partial charge in [-0.25, -0.2) is 0 Å². The Morgan fingerprint density at radius 3 is 1.95 bits per heavy atom. The van der Waals surface area contributed by atoms with Crippen molar-refractivity contribution >= 4 is 23.0 Å². The van der Waals surface area contributed by atoms with E-state index < -0.39 is 0 Å². The number of halogens is 1. The minimum atomic E-state index is 0.761. The molecule has 0 radical (unpaired) electrons. The minimum absolute atomic E-state index is 0.761. The van der Waals surface area contributed by atoms with Crippen molar-refractivity contribution in [1.82, 2.24) is 0 Å². The number of nitrogens with one attached hydrogen (secondary N) is 1. The molecule has 0 unspecified atom stereocenters. The summed E-state index contributed by atoms with van der Waals surface area (Å²) < 4.78 is 0. The van der Waals surface area contributed by atoms with E-state index >= 15 is 0 Å². The Balaban J connectivity index is 1.79. The summed E-state index contributed by atoms with van der Waals surface area (Å²) in [5.74, 6) is 0. The largest absolute Gasteiger partial charge is 0.356 e. The summed E-state index contributed by atoms with van der Waals surface area (Å²) in [5, 5.41) is 4.17. The summed E-state index contributed by atoms with van der Waals surface area (Å²) in [6, 6.07) is 24.6. The quantitative estimate of drug-likeness (QED) is 0.619. The second-order valence-corrected chi connectivity index (χ2v) is 5.52. The van der Waals surface area contributed by atoms with Crippen LogP contribution < -0.4 is 5.32 Å². The van der Waals surface area contributed by atoms with Gasteiger partial charge in [-0.05, 0) is 60.0 Å². The van der Waals surface area contributed by atoms with Crippen molar-refractivity contribution < 1.29 is 0 Å². The van der Waals surface area contributed by atoms with Gasteiger partial charge >= 0.3 is 0 Å². The van der Waals surface area contributed by atoms with Gasteiger partial charge in [-0.1, -0.05) is 48.0 Å². The molecule has 0 fully saturated rings. The molecule has 1 N–H and O–H groups in total. The lowest BCUT2D eigenvalue weighted by Crippen LogP contribution is -1.90. The van der Waals surface area contributed by atoms with E-state index in [1.165, 1.54) is 16.7 Å². The number of hydrogen-bond donors (Lipinski definition) is 1. The first-order valence-electron chi connectivity index (χ1n) is 6.90. The summed E-state index contributed by atoms with van der Waals surface area (Å²) in [6.07, 6.45) is 0. The summed E-state index contributed by atoms with van der Waals surface area (Å²) in [7, 11) is 0. The Kier molecular flexibility index (Phi) is 3.94. The Labute approximate surface area is 130 Å². The lowest BCUT2D eigenvalue weighted by Gasteiger charge is -2.08. The van der Waals surface area contributed by atoms with Crippen LogP contribution in [0.4, 0.5) is 11.4 Å². The molecule has 0 aliphatic carbocycles. The van der Waals surface area contributed by atoms with Crippen LogP contribution >= 0.6 is 11.6 Å². The van der Waals surface area contributed by atoms with Gasteiger partial charge in [0, 0.05) is 16.4 Å². The maximum atomic E-state index is 5.92. The molecule has 104 valence electrons. The highest BCUT2D eigenvalue weighted by Gasteiger charge is 1.99. The predicted molar refractivity (Wildman–Crippen MR) is 91.3 cm³/mol. The second kappa shape index (κ2) is 6.02. The maximum absolute atomic E-state index is 5.92. The van der Waals surface area contributed by atoms with Crippen molar-refractivity contribution in [3.63, 3.8) is 0 Å². The highest BCUT2D eigenvalue weighted by molar-refractivity contribution is 6.30. The first kappa shape index (κ1) is 13.7. The molecule has 0 aliphatic heterocycles. The lowest BCUT2D eigenvalue weighted by atomic mass is 10.1. The first-order valence-corrected chi connectivity index (χ1v) is 7.28. The topological polar surface area (TPSA) is 12.0 Å². The highest BCUT2D eigenvalue weighted by Crippen LogP contribution is 2.24. The zero-order valence-electron chi connectivity index (χ0n) is 11.8. The Hall–Kier alpha value is -2.25. The van der Waals surface area contributed by atoms with Gasteiger partial charge in [-0.2, -0.15) is 0 Å². The molecule has 3 aromatic carbocycles. The van der Waals surface area contributed by atoms with Gasteiger partial charge in [-0.15, -0.1) is 0 Å². The van der Waals surface area contributed by atoms with Crippen molar-refractivity contribution in [3.8, 4) is 11.1 Å². The molecule has 1 nitrogen and oxygen atoms in total. The molecule has 0 saturated carbocycles. The van der Waals surface area contributed by atoms with Crippen molar-refractivity contribution in [1.29, 1.82) is 0 Å². The second-order valence-electron chi connectivity index (χ2n) is 5.08. The fourth-order valence-electron chi connectivity index (χ4n) is 2.28. The molecule has 3 rings (SSSR count). The molecule has 0 aromatic heterocycles. The monoisotopic (exact) mass is 293 g/mol. The van der Waals surface area contributed by atoms with Crippen LogP contribution in [-0.2, 0) is 0 Å². The minimum Gasteiger partial charge on any atom is -0.356 e. The molecule has 3 aromatic rings. The average Bonchev–Trinajstić information content (AvgIpc) is 2.49. The number of benzene rings is 3. The van der Waals surface area contributed by atoms with Crippen LogP contribution in [0.2, 0.25) is 5.02 Å². The van der Waals surface area contributed by atoms with Crippen LogP contribution in [0.3, 0.4) is 0 Å². The third kappa shape index (κ3) is 3.45. The first-order chi connectivity index (χ1) is 10.2. The Morgan fingerprint density at radius 2 is 1.33 bits per heavy atom. The molecule has 0 aliphatic rings. The Bertz CT molecular complexity index is 730. The van der Waals surface area contributed by atoms with Gasteiger partial charge in [0.15, 0.2) is 0 Å². The van der Waals surface area contributed by atoms with Gasteiger partial charge in [0.25, 0.3) is 0 Å². The van der Waals surface area contributed by atoms with Crippen molar-refractivity contribution in [3.05, 3.63) is 83.4 Å². The third-order valence-corrected chi connectivity index (χ3v) is 3.62. The molecule has 0 bridgehead atoms. The van der Waals surface area contributed by atoms with Gasteiger partial charge in [0.05, 0.1) is 0 Å². The van der Waals surface area contributed by atoms with Crippen LogP contribution in [0.1, 0.15) is 5.56 Å². The number of hydrogen-bond acceptors (Lipinski definition) is 1. The van der Waals surface area contributed by atoms with Gasteiger partial charge < -0.3 is 5.32 Å². The molecule has 2 heteroatoms. The van der Waals surface area contributed by atoms with E-state index in [1.807, 2.05) is 24.3 Å². The van der Waals surface area contributed by atoms with E-state index in [9.17, 15) is 0 Å². The van der Waals surface area contributed by atoms with E-state index in [0.29, 0.717) is 0 Å². The molecule has 0 atom stereocenters. The summed E-state index contributed by atoms with van der Waals surface area (Å²) >= 11 is 5.92. The van der Waals surface area contributed by atoms with Gasteiger partial charge in [0.2, 0.25) is 0 Å². The zero-order valence-corrected chi connectivity index (χ0v) is 12.6. The van der Waals surface area contributed by atoms with E-state index in [0.717, 1.165) is 16.4 Å². The van der Waals surface area contributed by atoms with E-state index in [1.54, 1.807) is 0 Å². The van der Waals surface area contributed by atoms with Crippen LogP contribution in [-0.4, -0.2) is 0 Å². The zero-order chi connectivity index (χ0) is 14.7. The fraction of sp³-hybridized carbons (Fsp3) is 0.0526. The molecule has 21 heavy (non-hydrogen) atoms. The smallest absolute Gasteiger partial charge is 0.0406 e. The standard InChI is InChI=1S/C19H16ClN/c1-14-3-2-4-19(13-14)21-18-11-7-16(8-12-18)15-5-9-17(20)10-6-15/h2-13,21H,1H3. The van der Waals surface area contributed by atoms with E-state index in [4.69, 9.17) is 11.6 Å². The van der Waals surface area contributed by atoms with Crippen LogP contribution in [0.5, 0.6) is 0 Å². The van der Waals surface area contributed by atoms with Crippen molar-refractivity contribution in [2.24, 2.45) is 0 Å². The van der Waals surface area contributed by atoms with E-state index in [2.05, 4.69) is 60.8 Å². The normalized spacial score (nSPS) is 10.4.